The lowest BCUT2D eigenvalue weighted by molar-refractivity contribution is -0.115. The molecule has 1 aliphatic rings. The number of carbonyl (C=O) groups is 2. The highest BCUT2D eigenvalue weighted by molar-refractivity contribution is 5.99. The van der Waals surface area contributed by atoms with E-state index in [9.17, 15) is 9.59 Å². The third-order valence-corrected chi connectivity index (χ3v) is 3.06. The molecule has 1 aromatic rings. The molecule has 1 aliphatic carbocycles. The number of carboxylic acid groups (broad SMARTS) is 1. The Kier molecular flexibility index (Phi) is 4.28. The standard InChI is InChI=1S/C14H16N2O3/c17-12(9-10-5-2-1-3-6-10)16-11-7-4-8-15-13(11)14(18)19/h4-5,7-8H,1-3,6,9H2,(H,16,17)(H,18,19). The first kappa shape index (κ1) is 13.3. The van der Waals surface area contributed by atoms with E-state index in [4.69, 9.17) is 5.11 Å². The average molecular weight is 260 g/mol. The zero-order valence-electron chi connectivity index (χ0n) is 10.6. The first-order valence-electron chi connectivity index (χ1n) is 6.33. The molecule has 0 bridgehead atoms. The van der Waals surface area contributed by atoms with Gasteiger partial charge in [-0.15, -0.1) is 0 Å². The summed E-state index contributed by atoms with van der Waals surface area (Å²) in [7, 11) is 0. The van der Waals surface area contributed by atoms with Gasteiger partial charge in [-0.3, -0.25) is 4.79 Å². The Bertz CT molecular complexity index is 523. The second kappa shape index (κ2) is 6.13. The number of carbonyl (C=O) groups excluding carboxylic acids is 1. The highest BCUT2D eigenvalue weighted by atomic mass is 16.4. The van der Waals surface area contributed by atoms with Gasteiger partial charge >= 0.3 is 5.97 Å². The fourth-order valence-electron chi connectivity index (χ4n) is 2.14. The van der Waals surface area contributed by atoms with Gasteiger partial charge in [0.25, 0.3) is 0 Å². The van der Waals surface area contributed by atoms with E-state index in [1.54, 1.807) is 12.1 Å². The van der Waals surface area contributed by atoms with E-state index in [1.807, 2.05) is 0 Å². The molecule has 0 radical (unpaired) electrons. The quantitative estimate of drug-likeness (QED) is 0.815. The number of hydrogen-bond acceptors (Lipinski definition) is 3. The Hall–Kier alpha value is -2.17. The van der Waals surface area contributed by atoms with Crippen molar-refractivity contribution in [2.45, 2.75) is 32.1 Å². The topological polar surface area (TPSA) is 79.3 Å². The summed E-state index contributed by atoms with van der Waals surface area (Å²) in [6, 6.07) is 3.14. The molecule has 0 aromatic carbocycles. The third kappa shape index (κ3) is 3.64. The van der Waals surface area contributed by atoms with Gasteiger partial charge in [0.15, 0.2) is 5.69 Å². The lowest BCUT2D eigenvalue weighted by Gasteiger charge is -2.13. The molecule has 0 fully saturated rings. The number of aromatic carboxylic acids is 1. The van der Waals surface area contributed by atoms with Gasteiger partial charge in [0.1, 0.15) is 0 Å². The molecule has 2 rings (SSSR count). The lowest BCUT2D eigenvalue weighted by atomic mass is 9.97. The van der Waals surface area contributed by atoms with Gasteiger partial charge in [0.05, 0.1) is 5.69 Å². The monoisotopic (exact) mass is 260 g/mol. The van der Waals surface area contributed by atoms with Gasteiger partial charge in [-0.1, -0.05) is 11.6 Å². The summed E-state index contributed by atoms with van der Waals surface area (Å²) in [5.74, 6) is -1.34. The van der Waals surface area contributed by atoms with E-state index in [2.05, 4.69) is 16.4 Å². The molecule has 0 unspecified atom stereocenters. The van der Waals surface area contributed by atoms with Crippen molar-refractivity contribution in [2.24, 2.45) is 0 Å². The van der Waals surface area contributed by atoms with Crippen molar-refractivity contribution in [2.75, 3.05) is 5.32 Å². The number of aromatic nitrogens is 1. The van der Waals surface area contributed by atoms with Crippen LogP contribution in [-0.4, -0.2) is 22.0 Å². The molecule has 0 saturated heterocycles. The maximum Gasteiger partial charge on any atom is 0.356 e. The number of amides is 1. The SMILES string of the molecule is O=C(CC1=CCCCC1)Nc1cccnc1C(=O)O. The summed E-state index contributed by atoms with van der Waals surface area (Å²) in [5, 5.41) is 11.6. The largest absolute Gasteiger partial charge is 0.476 e. The molecule has 1 heterocycles. The van der Waals surface area contributed by atoms with Crippen molar-refractivity contribution in [1.82, 2.24) is 4.98 Å². The summed E-state index contributed by atoms with van der Waals surface area (Å²) >= 11 is 0. The number of nitrogens with zero attached hydrogens (tertiary/aromatic N) is 1. The Morgan fingerprint density at radius 2 is 2.21 bits per heavy atom. The Morgan fingerprint density at radius 3 is 2.89 bits per heavy atom. The molecule has 0 spiro atoms. The van der Waals surface area contributed by atoms with Gasteiger partial charge in [0, 0.05) is 12.6 Å². The summed E-state index contributed by atoms with van der Waals surface area (Å²) < 4.78 is 0. The van der Waals surface area contributed by atoms with Crippen LogP contribution in [0.5, 0.6) is 0 Å². The summed E-state index contributed by atoms with van der Waals surface area (Å²) in [6.45, 7) is 0. The first-order chi connectivity index (χ1) is 9.16. The zero-order chi connectivity index (χ0) is 13.7. The number of nitrogens with one attached hydrogen (secondary N) is 1. The van der Waals surface area contributed by atoms with Crippen molar-refractivity contribution >= 4 is 17.6 Å². The van der Waals surface area contributed by atoms with Crippen LogP contribution in [0.3, 0.4) is 0 Å². The van der Waals surface area contributed by atoms with Crippen molar-refractivity contribution in [3.8, 4) is 0 Å². The van der Waals surface area contributed by atoms with Gasteiger partial charge in [-0.2, -0.15) is 0 Å². The fraction of sp³-hybridized carbons (Fsp3) is 0.357. The molecular formula is C14H16N2O3. The van der Waals surface area contributed by atoms with Crippen LogP contribution in [0.2, 0.25) is 0 Å². The number of hydrogen-bond donors (Lipinski definition) is 2. The van der Waals surface area contributed by atoms with E-state index in [-0.39, 0.29) is 17.3 Å². The molecule has 1 aromatic heterocycles. The maximum absolute atomic E-state index is 11.9. The van der Waals surface area contributed by atoms with Gasteiger partial charge in [-0.25, -0.2) is 9.78 Å². The highest BCUT2D eigenvalue weighted by Crippen LogP contribution is 2.21. The smallest absolute Gasteiger partial charge is 0.356 e. The van der Waals surface area contributed by atoms with Crippen molar-refractivity contribution in [3.05, 3.63) is 35.7 Å². The molecule has 5 nitrogen and oxygen atoms in total. The van der Waals surface area contributed by atoms with Crippen LogP contribution < -0.4 is 5.32 Å². The zero-order valence-corrected chi connectivity index (χ0v) is 10.6. The van der Waals surface area contributed by atoms with E-state index in [1.165, 1.54) is 12.6 Å². The number of pyridine rings is 1. The van der Waals surface area contributed by atoms with Crippen LogP contribution in [0.4, 0.5) is 5.69 Å². The molecule has 19 heavy (non-hydrogen) atoms. The first-order valence-corrected chi connectivity index (χ1v) is 6.33. The molecule has 0 saturated carbocycles. The van der Waals surface area contributed by atoms with Crippen LogP contribution in [-0.2, 0) is 4.79 Å². The molecule has 100 valence electrons. The van der Waals surface area contributed by atoms with E-state index < -0.39 is 5.97 Å². The number of carboxylic acids is 1. The molecular weight excluding hydrogens is 244 g/mol. The van der Waals surface area contributed by atoms with Gasteiger partial charge in [0.2, 0.25) is 5.91 Å². The average Bonchev–Trinajstić information content (AvgIpc) is 2.40. The van der Waals surface area contributed by atoms with Crippen LogP contribution in [0.15, 0.2) is 30.0 Å². The van der Waals surface area contributed by atoms with Crippen LogP contribution >= 0.6 is 0 Å². The second-order valence-electron chi connectivity index (χ2n) is 4.54. The predicted octanol–water partition coefficient (Wildman–Crippen LogP) is 2.61. The summed E-state index contributed by atoms with van der Waals surface area (Å²) in [6.07, 6.45) is 8.09. The fourth-order valence-corrected chi connectivity index (χ4v) is 2.14. The van der Waals surface area contributed by atoms with Crippen molar-refractivity contribution in [1.29, 1.82) is 0 Å². The minimum atomic E-state index is -1.15. The Morgan fingerprint density at radius 1 is 1.37 bits per heavy atom. The summed E-state index contributed by atoms with van der Waals surface area (Å²) in [4.78, 5) is 26.6. The van der Waals surface area contributed by atoms with E-state index in [0.717, 1.165) is 24.8 Å². The van der Waals surface area contributed by atoms with Crippen LogP contribution in [0.1, 0.15) is 42.6 Å². The minimum Gasteiger partial charge on any atom is -0.476 e. The van der Waals surface area contributed by atoms with E-state index in [0.29, 0.717) is 6.42 Å². The maximum atomic E-state index is 11.9. The lowest BCUT2D eigenvalue weighted by Crippen LogP contribution is -2.16. The molecule has 0 aliphatic heterocycles. The van der Waals surface area contributed by atoms with Gasteiger partial charge in [-0.05, 0) is 37.8 Å². The van der Waals surface area contributed by atoms with Crippen molar-refractivity contribution < 1.29 is 14.7 Å². The Balaban J connectivity index is 2.02. The second-order valence-corrected chi connectivity index (χ2v) is 4.54. The highest BCUT2D eigenvalue weighted by Gasteiger charge is 2.14. The van der Waals surface area contributed by atoms with Crippen LogP contribution in [0, 0.1) is 0 Å². The normalized spacial score (nSPS) is 14.6. The van der Waals surface area contributed by atoms with Gasteiger partial charge < -0.3 is 10.4 Å². The number of anilines is 1. The van der Waals surface area contributed by atoms with E-state index >= 15 is 0 Å². The Labute approximate surface area is 111 Å². The molecule has 1 amide bonds. The summed E-state index contributed by atoms with van der Waals surface area (Å²) in [5.41, 5.74) is 1.24. The molecule has 5 heteroatoms. The minimum absolute atomic E-state index is 0.131. The number of allylic oxidation sites excluding steroid dienone is 1. The van der Waals surface area contributed by atoms with Crippen molar-refractivity contribution in [3.63, 3.8) is 0 Å². The third-order valence-electron chi connectivity index (χ3n) is 3.06. The molecule has 0 atom stereocenters. The number of rotatable bonds is 4. The predicted molar refractivity (Wildman–Crippen MR) is 71.0 cm³/mol. The molecule has 2 N–H and O–H groups in total. The van der Waals surface area contributed by atoms with Crippen LogP contribution in [0.25, 0.3) is 0 Å².